The third-order valence-corrected chi connectivity index (χ3v) is 4.85. The first kappa shape index (κ1) is 14.9. The molecule has 3 aromatic rings. The molecule has 0 aliphatic rings. The monoisotopic (exact) mass is 357 g/mol. The van der Waals surface area contributed by atoms with Gasteiger partial charge in [0, 0.05) is 9.90 Å². The van der Waals surface area contributed by atoms with Crippen molar-refractivity contribution in [2.45, 2.75) is 13.3 Å². The summed E-state index contributed by atoms with van der Waals surface area (Å²) in [6.45, 7) is 2.10. The van der Waals surface area contributed by atoms with Crippen molar-refractivity contribution in [3.63, 3.8) is 0 Å². The maximum atomic E-state index is 6.17. The van der Waals surface area contributed by atoms with Crippen LogP contribution in [0, 0.1) is 0 Å². The minimum atomic E-state index is 0.202. The molecule has 0 saturated carbocycles. The Hall–Kier alpha value is -1.07. The van der Waals surface area contributed by atoms with Crippen molar-refractivity contribution in [3.8, 4) is 0 Å². The van der Waals surface area contributed by atoms with Gasteiger partial charge in [-0.1, -0.05) is 30.1 Å². The van der Waals surface area contributed by atoms with Crippen LogP contribution in [0.5, 0.6) is 0 Å². The van der Waals surface area contributed by atoms with E-state index >= 15 is 0 Å². The van der Waals surface area contributed by atoms with E-state index in [9.17, 15) is 0 Å². The molecule has 1 N–H and O–H groups in total. The summed E-state index contributed by atoms with van der Waals surface area (Å²) in [7, 11) is 0. The first-order valence-electron chi connectivity index (χ1n) is 6.25. The van der Waals surface area contributed by atoms with Crippen LogP contribution in [-0.4, -0.2) is 9.97 Å². The van der Waals surface area contributed by atoms with E-state index in [1.807, 2.05) is 0 Å². The maximum absolute atomic E-state index is 6.17. The number of thiophene rings is 1. The third kappa shape index (κ3) is 3.09. The zero-order valence-corrected chi connectivity index (χ0v) is 14.0. The maximum Gasteiger partial charge on any atom is 0.225 e. The van der Waals surface area contributed by atoms with E-state index in [0.717, 1.165) is 16.6 Å². The fourth-order valence-electron chi connectivity index (χ4n) is 1.94. The number of aromatic nitrogens is 2. The highest BCUT2D eigenvalue weighted by Crippen LogP contribution is 2.34. The Morgan fingerprint density at radius 1 is 1.14 bits per heavy atom. The molecule has 0 fully saturated rings. The predicted octanol–water partition coefficient (Wildman–Crippen LogP) is 5.96. The van der Waals surface area contributed by atoms with Gasteiger partial charge in [0.25, 0.3) is 0 Å². The van der Waals surface area contributed by atoms with E-state index in [1.54, 1.807) is 29.5 Å². The normalized spacial score (nSPS) is 11.0. The second-order valence-corrected chi connectivity index (χ2v) is 6.67. The van der Waals surface area contributed by atoms with Crippen LogP contribution in [0.1, 0.15) is 11.8 Å². The van der Waals surface area contributed by atoms with Gasteiger partial charge in [0.15, 0.2) is 0 Å². The lowest BCUT2D eigenvalue weighted by Crippen LogP contribution is -1.96. The Kier molecular flexibility index (Phi) is 4.22. The first-order chi connectivity index (χ1) is 10.1. The van der Waals surface area contributed by atoms with Crippen molar-refractivity contribution in [1.29, 1.82) is 0 Å². The van der Waals surface area contributed by atoms with E-state index < -0.39 is 0 Å². The van der Waals surface area contributed by atoms with Gasteiger partial charge in [-0.2, -0.15) is 4.98 Å². The molecule has 108 valence electrons. The van der Waals surface area contributed by atoms with Crippen molar-refractivity contribution in [2.75, 3.05) is 5.32 Å². The van der Waals surface area contributed by atoms with Gasteiger partial charge in [-0.3, -0.25) is 0 Å². The van der Waals surface area contributed by atoms with Crippen LogP contribution in [-0.2, 0) is 6.42 Å². The fraction of sp³-hybridized carbons (Fsp3) is 0.143. The van der Waals surface area contributed by atoms with Gasteiger partial charge >= 0.3 is 0 Å². The van der Waals surface area contributed by atoms with E-state index in [0.29, 0.717) is 21.6 Å². The molecule has 0 amide bonds. The number of nitrogens with one attached hydrogen (secondary N) is 1. The lowest BCUT2D eigenvalue weighted by molar-refractivity contribution is 1.19. The van der Waals surface area contributed by atoms with E-state index in [1.165, 1.54) is 4.88 Å². The lowest BCUT2D eigenvalue weighted by Gasteiger charge is -2.09. The standard InChI is InChI=1S/C14H10Cl3N3S/c1-2-8-6-9-12(19-14(17)20-13(9)21-8)18-11-5-7(15)3-4-10(11)16/h3-6H,2H2,1H3,(H,18,19,20). The summed E-state index contributed by atoms with van der Waals surface area (Å²) in [5.74, 6) is 0.630. The number of fused-ring (bicyclic) bond motifs is 1. The summed E-state index contributed by atoms with van der Waals surface area (Å²) in [5, 5.41) is 5.48. The number of aryl methyl sites for hydroxylation is 1. The van der Waals surface area contributed by atoms with Crippen LogP contribution in [0.15, 0.2) is 24.3 Å². The molecule has 3 nitrogen and oxygen atoms in total. The van der Waals surface area contributed by atoms with Crippen LogP contribution in [0.4, 0.5) is 11.5 Å². The molecule has 21 heavy (non-hydrogen) atoms. The average Bonchev–Trinajstić information content (AvgIpc) is 2.86. The van der Waals surface area contributed by atoms with Gasteiger partial charge in [-0.15, -0.1) is 11.3 Å². The smallest absolute Gasteiger partial charge is 0.225 e. The number of anilines is 2. The second-order valence-electron chi connectivity index (χ2n) is 4.38. The average molecular weight is 359 g/mol. The number of nitrogens with zero attached hydrogens (tertiary/aromatic N) is 2. The van der Waals surface area contributed by atoms with E-state index in [4.69, 9.17) is 34.8 Å². The molecule has 0 aliphatic heterocycles. The summed E-state index contributed by atoms with van der Waals surface area (Å²) in [4.78, 5) is 10.6. The summed E-state index contributed by atoms with van der Waals surface area (Å²) in [6, 6.07) is 7.28. The zero-order chi connectivity index (χ0) is 15.0. The zero-order valence-electron chi connectivity index (χ0n) is 11.0. The lowest BCUT2D eigenvalue weighted by atomic mass is 10.3. The largest absolute Gasteiger partial charge is 0.338 e. The van der Waals surface area contributed by atoms with Gasteiger partial charge < -0.3 is 5.32 Å². The van der Waals surface area contributed by atoms with Gasteiger partial charge in [-0.05, 0) is 42.3 Å². The second kappa shape index (κ2) is 5.97. The Morgan fingerprint density at radius 3 is 2.71 bits per heavy atom. The Bertz CT molecular complexity index is 817. The summed E-state index contributed by atoms with van der Waals surface area (Å²) in [5.41, 5.74) is 0.685. The molecule has 0 spiro atoms. The number of hydrogen-bond donors (Lipinski definition) is 1. The minimum Gasteiger partial charge on any atom is -0.338 e. The molecule has 7 heteroatoms. The Morgan fingerprint density at radius 2 is 1.95 bits per heavy atom. The van der Waals surface area contributed by atoms with Crippen LogP contribution in [0.25, 0.3) is 10.2 Å². The molecule has 2 heterocycles. The van der Waals surface area contributed by atoms with Gasteiger partial charge in [-0.25, -0.2) is 4.98 Å². The van der Waals surface area contributed by atoms with Gasteiger partial charge in [0.05, 0.1) is 16.1 Å². The highest BCUT2D eigenvalue weighted by atomic mass is 35.5. The van der Waals surface area contributed by atoms with E-state index in [-0.39, 0.29) is 5.28 Å². The van der Waals surface area contributed by atoms with Gasteiger partial charge in [0.2, 0.25) is 5.28 Å². The molecule has 0 atom stereocenters. The molecule has 0 aliphatic carbocycles. The number of hydrogen-bond acceptors (Lipinski definition) is 4. The quantitative estimate of drug-likeness (QED) is 0.587. The highest BCUT2D eigenvalue weighted by molar-refractivity contribution is 7.18. The highest BCUT2D eigenvalue weighted by Gasteiger charge is 2.12. The van der Waals surface area contributed by atoms with Crippen LogP contribution in [0.3, 0.4) is 0 Å². The third-order valence-electron chi connectivity index (χ3n) is 2.95. The van der Waals surface area contributed by atoms with Crippen molar-refractivity contribution < 1.29 is 0 Å². The minimum absolute atomic E-state index is 0.202. The van der Waals surface area contributed by atoms with Crippen molar-refractivity contribution in [3.05, 3.63) is 44.5 Å². The van der Waals surface area contributed by atoms with Gasteiger partial charge in [0.1, 0.15) is 10.6 Å². The van der Waals surface area contributed by atoms with Crippen molar-refractivity contribution in [1.82, 2.24) is 9.97 Å². The number of halogens is 3. The fourth-order valence-corrected chi connectivity index (χ4v) is 3.46. The molecule has 1 aromatic carbocycles. The SMILES string of the molecule is CCc1cc2c(Nc3cc(Cl)ccc3Cl)nc(Cl)nc2s1. The van der Waals surface area contributed by atoms with Crippen molar-refractivity contribution >= 4 is 67.9 Å². The molecular formula is C14H10Cl3N3S. The molecule has 0 bridgehead atoms. The molecule has 0 saturated heterocycles. The number of rotatable bonds is 3. The summed E-state index contributed by atoms with van der Waals surface area (Å²) in [6.07, 6.45) is 0.940. The molecule has 3 rings (SSSR count). The summed E-state index contributed by atoms with van der Waals surface area (Å²) >= 11 is 19.8. The Labute approximate surface area is 140 Å². The topological polar surface area (TPSA) is 37.8 Å². The van der Waals surface area contributed by atoms with Crippen molar-refractivity contribution in [2.24, 2.45) is 0 Å². The molecular weight excluding hydrogens is 349 g/mol. The van der Waals surface area contributed by atoms with Crippen LogP contribution >= 0.6 is 46.1 Å². The van der Waals surface area contributed by atoms with Crippen LogP contribution < -0.4 is 5.32 Å². The molecule has 0 unspecified atom stereocenters. The van der Waals surface area contributed by atoms with Crippen LogP contribution in [0.2, 0.25) is 15.3 Å². The predicted molar refractivity (Wildman–Crippen MR) is 91.5 cm³/mol. The molecule has 0 radical (unpaired) electrons. The number of benzene rings is 1. The molecule has 2 aromatic heterocycles. The Balaban J connectivity index is 2.11. The first-order valence-corrected chi connectivity index (χ1v) is 8.20. The van der Waals surface area contributed by atoms with E-state index in [2.05, 4.69) is 28.3 Å². The summed E-state index contributed by atoms with van der Waals surface area (Å²) < 4.78 is 0.